The molecule has 0 unspecified atom stereocenters. The third kappa shape index (κ3) is 2.91. The standard InChI is InChI=1S/C13H14O3S2/c1-3-16-11-6-4-10(5-7-11)12-8-9-13(17-12)18(2,14)15/h4-9H,3H2,1-2H3. The maximum Gasteiger partial charge on any atom is 0.184 e. The van der Waals surface area contributed by atoms with Gasteiger partial charge in [-0.05, 0) is 48.9 Å². The second-order valence-corrected chi connectivity index (χ2v) is 7.17. The number of benzene rings is 1. The number of hydrogen-bond donors (Lipinski definition) is 0. The predicted molar refractivity (Wildman–Crippen MR) is 74.0 cm³/mol. The number of ether oxygens (including phenoxy) is 1. The number of sulfone groups is 1. The van der Waals surface area contributed by atoms with Crippen LogP contribution < -0.4 is 4.74 Å². The summed E-state index contributed by atoms with van der Waals surface area (Å²) < 4.78 is 28.6. The Bertz CT molecular complexity index is 625. The largest absolute Gasteiger partial charge is 0.494 e. The first kappa shape index (κ1) is 13.1. The van der Waals surface area contributed by atoms with Gasteiger partial charge in [-0.1, -0.05) is 0 Å². The summed E-state index contributed by atoms with van der Waals surface area (Å²) in [6.07, 6.45) is 1.22. The summed E-state index contributed by atoms with van der Waals surface area (Å²) in [5.74, 6) is 0.821. The Morgan fingerprint density at radius 3 is 2.28 bits per heavy atom. The molecule has 0 aliphatic carbocycles. The molecular formula is C13H14O3S2. The van der Waals surface area contributed by atoms with E-state index in [0.29, 0.717) is 10.8 Å². The van der Waals surface area contributed by atoms with E-state index in [4.69, 9.17) is 4.74 Å². The molecular weight excluding hydrogens is 268 g/mol. The van der Waals surface area contributed by atoms with Gasteiger partial charge in [-0.15, -0.1) is 11.3 Å². The molecule has 0 N–H and O–H groups in total. The van der Waals surface area contributed by atoms with Crippen LogP contribution in [0.5, 0.6) is 5.75 Å². The lowest BCUT2D eigenvalue weighted by atomic mass is 10.2. The fraction of sp³-hybridized carbons (Fsp3) is 0.231. The van der Waals surface area contributed by atoms with Crippen molar-refractivity contribution in [3.63, 3.8) is 0 Å². The molecule has 3 nitrogen and oxygen atoms in total. The molecule has 2 rings (SSSR count). The van der Waals surface area contributed by atoms with Gasteiger partial charge in [-0.2, -0.15) is 0 Å². The molecule has 0 atom stereocenters. The Hall–Kier alpha value is -1.33. The molecule has 0 spiro atoms. The van der Waals surface area contributed by atoms with E-state index in [9.17, 15) is 8.42 Å². The van der Waals surface area contributed by atoms with Crippen LogP contribution >= 0.6 is 11.3 Å². The first-order valence-corrected chi connectivity index (χ1v) is 8.24. The molecule has 96 valence electrons. The van der Waals surface area contributed by atoms with Crippen molar-refractivity contribution in [2.45, 2.75) is 11.1 Å². The second-order valence-electron chi connectivity index (χ2n) is 3.85. The van der Waals surface area contributed by atoms with Crippen molar-refractivity contribution in [3.8, 4) is 16.2 Å². The number of thiophene rings is 1. The Balaban J connectivity index is 2.29. The van der Waals surface area contributed by atoms with E-state index >= 15 is 0 Å². The van der Waals surface area contributed by atoms with E-state index in [1.54, 1.807) is 6.07 Å². The van der Waals surface area contributed by atoms with Crippen molar-refractivity contribution in [2.24, 2.45) is 0 Å². The van der Waals surface area contributed by atoms with Crippen LogP contribution in [0.4, 0.5) is 0 Å². The van der Waals surface area contributed by atoms with E-state index < -0.39 is 9.84 Å². The molecule has 1 aromatic heterocycles. The summed E-state index contributed by atoms with van der Waals surface area (Å²) in [5.41, 5.74) is 0.998. The Morgan fingerprint density at radius 1 is 1.11 bits per heavy atom. The maximum atomic E-state index is 11.4. The van der Waals surface area contributed by atoms with Crippen LogP contribution in [0.2, 0.25) is 0 Å². The molecule has 1 aromatic carbocycles. The van der Waals surface area contributed by atoms with Crippen LogP contribution in [-0.2, 0) is 9.84 Å². The highest BCUT2D eigenvalue weighted by Crippen LogP contribution is 2.31. The average Bonchev–Trinajstić information content (AvgIpc) is 2.79. The van der Waals surface area contributed by atoms with E-state index in [1.165, 1.54) is 17.6 Å². The normalized spacial score (nSPS) is 11.4. The van der Waals surface area contributed by atoms with Gasteiger partial charge in [0.1, 0.15) is 9.96 Å². The molecule has 18 heavy (non-hydrogen) atoms. The van der Waals surface area contributed by atoms with Gasteiger partial charge in [-0.3, -0.25) is 0 Å². The van der Waals surface area contributed by atoms with E-state index in [2.05, 4.69) is 0 Å². The van der Waals surface area contributed by atoms with Crippen molar-refractivity contribution in [3.05, 3.63) is 36.4 Å². The van der Waals surface area contributed by atoms with Gasteiger partial charge in [0.25, 0.3) is 0 Å². The molecule has 0 amide bonds. The highest BCUT2D eigenvalue weighted by molar-refractivity contribution is 7.92. The number of rotatable bonds is 4. The quantitative estimate of drug-likeness (QED) is 0.864. The maximum absolute atomic E-state index is 11.4. The van der Waals surface area contributed by atoms with Gasteiger partial charge >= 0.3 is 0 Å². The van der Waals surface area contributed by atoms with E-state index in [-0.39, 0.29) is 0 Å². The van der Waals surface area contributed by atoms with Crippen molar-refractivity contribution in [2.75, 3.05) is 12.9 Å². The smallest absolute Gasteiger partial charge is 0.184 e. The van der Waals surface area contributed by atoms with Crippen LogP contribution in [0.3, 0.4) is 0 Å². The minimum absolute atomic E-state index is 0.395. The minimum Gasteiger partial charge on any atom is -0.494 e. The molecule has 0 aliphatic rings. The Kier molecular flexibility index (Phi) is 3.73. The zero-order valence-electron chi connectivity index (χ0n) is 10.2. The van der Waals surface area contributed by atoms with Crippen molar-refractivity contribution < 1.29 is 13.2 Å². The van der Waals surface area contributed by atoms with Crippen LogP contribution in [0.15, 0.2) is 40.6 Å². The first-order chi connectivity index (χ1) is 8.50. The van der Waals surface area contributed by atoms with Gasteiger partial charge in [0.2, 0.25) is 0 Å². The van der Waals surface area contributed by atoms with Gasteiger partial charge in [0.05, 0.1) is 6.61 Å². The van der Waals surface area contributed by atoms with Crippen LogP contribution in [0.1, 0.15) is 6.92 Å². The van der Waals surface area contributed by atoms with Gasteiger partial charge in [0, 0.05) is 11.1 Å². The summed E-state index contributed by atoms with van der Waals surface area (Å²) in [5, 5.41) is 0. The summed E-state index contributed by atoms with van der Waals surface area (Å²) in [6, 6.07) is 11.1. The lowest BCUT2D eigenvalue weighted by molar-refractivity contribution is 0.340. The second kappa shape index (κ2) is 5.12. The molecule has 0 saturated carbocycles. The van der Waals surface area contributed by atoms with Gasteiger partial charge in [-0.25, -0.2) is 8.42 Å². The average molecular weight is 282 g/mol. The predicted octanol–water partition coefficient (Wildman–Crippen LogP) is 3.22. The fourth-order valence-corrected chi connectivity index (χ4v) is 3.49. The molecule has 0 bridgehead atoms. The van der Waals surface area contributed by atoms with Crippen LogP contribution in [0, 0.1) is 0 Å². The van der Waals surface area contributed by atoms with Crippen molar-refractivity contribution in [1.29, 1.82) is 0 Å². The van der Waals surface area contributed by atoms with E-state index in [1.807, 2.05) is 37.3 Å². The molecule has 5 heteroatoms. The van der Waals surface area contributed by atoms with Crippen LogP contribution in [-0.4, -0.2) is 21.3 Å². The molecule has 0 fully saturated rings. The topological polar surface area (TPSA) is 43.4 Å². The third-order valence-electron chi connectivity index (χ3n) is 2.40. The zero-order valence-corrected chi connectivity index (χ0v) is 11.8. The lowest BCUT2D eigenvalue weighted by Gasteiger charge is -2.03. The number of hydrogen-bond acceptors (Lipinski definition) is 4. The monoisotopic (exact) mass is 282 g/mol. The first-order valence-electron chi connectivity index (χ1n) is 5.54. The highest BCUT2D eigenvalue weighted by atomic mass is 32.2. The molecule has 2 aromatic rings. The van der Waals surface area contributed by atoms with Crippen molar-refractivity contribution >= 4 is 21.2 Å². The Labute approximate surface area is 111 Å². The summed E-state index contributed by atoms with van der Waals surface area (Å²) in [6.45, 7) is 2.57. The summed E-state index contributed by atoms with van der Waals surface area (Å²) in [4.78, 5) is 0.943. The van der Waals surface area contributed by atoms with Gasteiger partial charge in [0.15, 0.2) is 9.84 Å². The molecule has 0 aliphatic heterocycles. The molecule has 1 heterocycles. The molecule has 0 radical (unpaired) electrons. The highest BCUT2D eigenvalue weighted by Gasteiger charge is 2.11. The summed E-state index contributed by atoms with van der Waals surface area (Å²) >= 11 is 1.28. The lowest BCUT2D eigenvalue weighted by Crippen LogP contribution is -1.91. The van der Waals surface area contributed by atoms with E-state index in [0.717, 1.165) is 16.2 Å². The molecule has 0 saturated heterocycles. The van der Waals surface area contributed by atoms with Gasteiger partial charge < -0.3 is 4.74 Å². The van der Waals surface area contributed by atoms with Crippen LogP contribution in [0.25, 0.3) is 10.4 Å². The fourth-order valence-electron chi connectivity index (χ4n) is 1.56. The van der Waals surface area contributed by atoms with Crippen molar-refractivity contribution in [1.82, 2.24) is 0 Å². The summed E-state index contributed by atoms with van der Waals surface area (Å²) in [7, 11) is -3.11. The zero-order chi connectivity index (χ0) is 13.2. The third-order valence-corrected chi connectivity index (χ3v) is 5.35. The SMILES string of the molecule is CCOc1ccc(-c2ccc(S(C)(=O)=O)s2)cc1. The minimum atomic E-state index is -3.11. The Morgan fingerprint density at radius 2 is 1.78 bits per heavy atom.